The molecule has 5 heteroatoms. The standard InChI is InChI=1S/C21H19FN2O2/c22-17-10-8-14(9-11-17)12-20(25)24-19(21(23)26)13-16-6-3-5-15-4-1-2-7-18(15)16/h1-11,19H,12-13H2,(H2,23,26)(H,24,25)/t19-/m0/s1. The summed E-state index contributed by atoms with van der Waals surface area (Å²) in [6.07, 6.45) is 0.367. The Morgan fingerprint density at radius 1 is 0.962 bits per heavy atom. The Bertz CT molecular complexity index is 933. The molecule has 3 N–H and O–H groups in total. The average Bonchev–Trinajstić information content (AvgIpc) is 2.63. The van der Waals surface area contributed by atoms with Crippen LogP contribution in [0.4, 0.5) is 4.39 Å². The van der Waals surface area contributed by atoms with E-state index in [1.54, 1.807) is 12.1 Å². The Kier molecular flexibility index (Phi) is 5.27. The fraction of sp³-hybridized carbons (Fsp3) is 0.143. The Morgan fingerprint density at radius 2 is 1.65 bits per heavy atom. The van der Waals surface area contributed by atoms with Crippen molar-refractivity contribution in [3.8, 4) is 0 Å². The highest BCUT2D eigenvalue weighted by Crippen LogP contribution is 2.19. The summed E-state index contributed by atoms with van der Waals surface area (Å²) >= 11 is 0. The van der Waals surface area contributed by atoms with E-state index in [1.807, 2.05) is 42.5 Å². The number of nitrogens with two attached hydrogens (primary N) is 1. The van der Waals surface area contributed by atoms with Crippen LogP contribution in [0, 0.1) is 5.82 Å². The SMILES string of the molecule is NC(=O)[C@H](Cc1cccc2ccccc12)NC(=O)Cc1ccc(F)cc1. The number of hydrogen-bond acceptors (Lipinski definition) is 2. The van der Waals surface area contributed by atoms with Crippen molar-refractivity contribution in [2.24, 2.45) is 5.73 Å². The van der Waals surface area contributed by atoms with Crippen LogP contribution in [-0.4, -0.2) is 17.9 Å². The van der Waals surface area contributed by atoms with Crippen molar-refractivity contribution in [1.29, 1.82) is 0 Å². The molecule has 132 valence electrons. The largest absolute Gasteiger partial charge is 0.368 e. The zero-order valence-corrected chi connectivity index (χ0v) is 14.1. The molecule has 3 rings (SSSR count). The fourth-order valence-corrected chi connectivity index (χ4v) is 2.95. The molecule has 2 amide bonds. The Balaban J connectivity index is 1.73. The van der Waals surface area contributed by atoms with Crippen molar-refractivity contribution in [3.05, 3.63) is 83.7 Å². The van der Waals surface area contributed by atoms with E-state index >= 15 is 0 Å². The van der Waals surface area contributed by atoms with Crippen molar-refractivity contribution < 1.29 is 14.0 Å². The van der Waals surface area contributed by atoms with Gasteiger partial charge in [-0.15, -0.1) is 0 Å². The summed E-state index contributed by atoms with van der Waals surface area (Å²) in [5, 5.41) is 4.77. The average molecular weight is 350 g/mol. The molecule has 0 radical (unpaired) electrons. The number of benzene rings is 3. The second-order valence-electron chi connectivity index (χ2n) is 6.17. The second-order valence-corrected chi connectivity index (χ2v) is 6.17. The van der Waals surface area contributed by atoms with Gasteiger partial charge in [-0.3, -0.25) is 9.59 Å². The quantitative estimate of drug-likeness (QED) is 0.717. The van der Waals surface area contributed by atoms with E-state index in [0.717, 1.165) is 16.3 Å². The first-order valence-electron chi connectivity index (χ1n) is 8.32. The van der Waals surface area contributed by atoms with E-state index in [9.17, 15) is 14.0 Å². The second kappa shape index (κ2) is 7.78. The van der Waals surface area contributed by atoms with Crippen molar-refractivity contribution in [1.82, 2.24) is 5.32 Å². The molecule has 0 aliphatic carbocycles. The van der Waals surface area contributed by atoms with Crippen molar-refractivity contribution in [3.63, 3.8) is 0 Å². The number of hydrogen-bond donors (Lipinski definition) is 2. The summed E-state index contributed by atoms with van der Waals surface area (Å²) in [6.45, 7) is 0. The molecule has 0 saturated carbocycles. The third-order valence-electron chi connectivity index (χ3n) is 4.26. The highest BCUT2D eigenvalue weighted by molar-refractivity contribution is 5.90. The fourth-order valence-electron chi connectivity index (χ4n) is 2.95. The lowest BCUT2D eigenvalue weighted by molar-refractivity contribution is -0.126. The minimum Gasteiger partial charge on any atom is -0.368 e. The van der Waals surface area contributed by atoms with Gasteiger partial charge in [-0.25, -0.2) is 4.39 Å². The smallest absolute Gasteiger partial charge is 0.240 e. The van der Waals surface area contributed by atoms with Gasteiger partial charge < -0.3 is 11.1 Å². The number of carbonyl (C=O) groups is 2. The molecule has 0 bridgehead atoms. The van der Waals surface area contributed by atoms with Crippen LogP contribution in [0.25, 0.3) is 10.8 Å². The molecule has 4 nitrogen and oxygen atoms in total. The van der Waals surface area contributed by atoms with Crippen LogP contribution >= 0.6 is 0 Å². The number of primary amides is 1. The maximum absolute atomic E-state index is 12.9. The maximum atomic E-state index is 12.9. The molecule has 0 spiro atoms. The molecule has 0 unspecified atom stereocenters. The van der Waals surface area contributed by atoms with Crippen LogP contribution in [0.2, 0.25) is 0 Å². The van der Waals surface area contributed by atoms with Crippen molar-refractivity contribution >= 4 is 22.6 Å². The lowest BCUT2D eigenvalue weighted by Gasteiger charge is -2.17. The monoisotopic (exact) mass is 350 g/mol. The van der Waals surface area contributed by atoms with Crippen molar-refractivity contribution in [2.45, 2.75) is 18.9 Å². The van der Waals surface area contributed by atoms with E-state index in [-0.39, 0.29) is 18.1 Å². The van der Waals surface area contributed by atoms with Gasteiger partial charge in [0.1, 0.15) is 11.9 Å². The molecular weight excluding hydrogens is 331 g/mol. The summed E-state index contributed by atoms with van der Waals surface area (Å²) in [4.78, 5) is 24.1. The summed E-state index contributed by atoms with van der Waals surface area (Å²) in [5.74, 6) is -1.29. The van der Waals surface area contributed by atoms with Gasteiger partial charge in [0.25, 0.3) is 0 Å². The summed E-state index contributed by atoms with van der Waals surface area (Å²) < 4.78 is 12.9. The van der Waals surface area contributed by atoms with E-state index in [1.165, 1.54) is 12.1 Å². The van der Waals surface area contributed by atoms with E-state index in [2.05, 4.69) is 5.32 Å². The number of rotatable bonds is 6. The molecule has 0 saturated heterocycles. The molecule has 0 heterocycles. The highest BCUT2D eigenvalue weighted by atomic mass is 19.1. The van der Waals surface area contributed by atoms with Crippen molar-refractivity contribution in [2.75, 3.05) is 0 Å². The molecule has 0 aliphatic heterocycles. The number of halogens is 1. The molecule has 0 aromatic heterocycles. The van der Waals surface area contributed by atoms with Crippen LogP contribution in [0.1, 0.15) is 11.1 Å². The van der Waals surface area contributed by atoms with Crippen LogP contribution < -0.4 is 11.1 Å². The first kappa shape index (κ1) is 17.6. The summed E-state index contributed by atoms with van der Waals surface area (Å²) in [5.41, 5.74) is 7.09. The lowest BCUT2D eigenvalue weighted by Crippen LogP contribution is -2.46. The van der Waals surface area contributed by atoms with Gasteiger partial charge in [0.05, 0.1) is 6.42 Å². The first-order valence-corrected chi connectivity index (χ1v) is 8.32. The van der Waals surface area contributed by atoms with Crippen LogP contribution in [0.5, 0.6) is 0 Å². The number of carbonyl (C=O) groups excluding carboxylic acids is 2. The first-order chi connectivity index (χ1) is 12.5. The van der Waals surface area contributed by atoms with E-state index < -0.39 is 11.9 Å². The number of fused-ring (bicyclic) bond motifs is 1. The minimum absolute atomic E-state index is 0.0552. The predicted octanol–water partition coefficient (Wildman–Crippen LogP) is 2.73. The van der Waals surface area contributed by atoms with Gasteiger partial charge in [0.2, 0.25) is 11.8 Å². The molecule has 0 aliphatic rings. The zero-order valence-electron chi connectivity index (χ0n) is 14.1. The highest BCUT2D eigenvalue weighted by Gasteiger charge is 2.19. The number of amides is 2. The normalized spacial score (nSPS) is 11.9. The topological polar surface area (TPSA) is 72.2 Å². The molecule has 3 aromatic rings. The third kappa shape index (κ3) is 4.25. The van der Waals surface area contributed by atoms with E-state index in [0.29, 0.717) is 12.0 Å². The molecule has 1 atom stereocenters. The Morgan fingerprint density at radius 3 is 2.38 bits per heavy atom. The third-order valence-corrected chi connectivity index (χ3v) is 4.26. The Hall–Kier alpha value is -3.21. The van der Waals surface area contributed by atoms with Gasteiger partial charge in [-0.2, -0.15) is 0 Å². The van der Waals surface area contributed by atoms with Gasteiger partial charge in [0.15, 0.2) is 0 Å². The maximum Gasteiger partial charge on any atom is 0.240 e. The summed E-state index contributed by atoms with van der Waals surface area (Å²) in [6, 6.07) is 18.5. The molecule has 26 heavy (non-hydrogen) atoms. The van der Waals surface area contributed by atoms with Gasteiger partial charge in [-0.05, 0) is 34.0 Å². The van der Waals surface area contributed by atoms with E-state index in [4.69, 9.17) is 5.73 Å². The van der Waals surface area contributed by atoms with Crippen LogP contribution in [0.15, 0.2) is 66.7 Å². The minimum atomic E-state index is -0.811. The zero-order chi connectivity index (χ0) is 18.5. The van der Waals surface area contributed by atoms with Gasteiger partial charge in [-0.1, -0.05) is 54.6 Å². The molecule has 0 fully saturated rings. The molecule has 3 aromatic carbocycles. The number of nitrogens with one attached hydrogen (secondary N) is 1. The summed E-state index contributed by atoms with van der Waals surface area (Å²) in [7, 11) is 0. The lowest BCUT2D eigenvalue weighted by atomic mass is 9.98. The van der Waals surface area contributed by atoms with Crippen LogP contribution in [-0.2, 0) is 22.4 Å². The van der Waals surface area contributed by atoms with Gasteiger partial charge >= 0.3 is 0 Å². The predicted molar refractivity (Wildman–Crippen MR) is 98.9 cm³/mol. The van der Waals surface area contributed by atoms with Crippen LogP contribution in [0.3, 0.4) is 0 Å². The molecular formula is C21H19FN2O2. The van der Waals surface area contributed by atoms with Gasteiger partial charge in [0, 0.05) is 6.42 Å². The Labute approximate surface area is 150 Å².